The first-order valence-corrected chi connectivity index (χ1v) is 6.52. The number of carbonyl (C=O) groups is 1. The second-order valence-corrected chi connectivity index (χ2v) is 4.68. The molecule has 0 unspecified atom stereocenters. The average molecular weight is 290 g/mol. The zero-order chi connectivity index (χ0) is 15.3. The van der Waals surface area contributed by atoms with Gasteiger partial charge in [0.05, 0.1) is 6.54 Å². The number of halogens is 2. The summed E-state index contributed by atoms with van der Waals surface area (Å²) in [4.78, 5) is 10.9. The molecule has 0 heterocycles. The molecule has 5 heteroatoms. The average Bonchev–Trinajstić information content (AvgIpc) is 2.47. The molecule has 0 aliphatic carbocycles. The van der Waals surface area contributed by atoms with Crippen molar-refractivity contribution < 1.29 is 13.6 Å². The van der Waals surface area contributed by atoms with E-state index in [1.54, 1.807) is 42.5 Å². The number of rotatable bonds is 5. The van der Waals surface area contributed by atoms with Gasteiger partial charge in [0.15, 0.2) is 0 Å². The highest BCUT2D eigenvalue weighted by Gasteiger charge is 2.30. The molecule has 3 nitrogen and oxygen atoms in total. The minimum atomic E-state index is -2.95. The third kappa shape index (κ3) is 4.27. The molecule has 0 bridgehead atoms. The molecule has 2 aromatic carbocycles. The molecule has 1 amide bonds. The summed E-state index contributed by atoms with van der Waals surface area (Å²) in [7, 11) is 0. The fraction of sp³-hybridized carbons (Fsp3) is 0.188. The number of carbonyl (C=O) groups excluding carboxylic acids is 1. The molecule has 0 fully saturated rings. The van der Waals surface area contributed by atoms with E-state index in [9.17, 15) is 13.6 Å². The van der Waals surface area contributed by atoms with Gasteiger partial charge in [0.25, 0.3) is 5.92 Å². The fourth-order valence-corrected chi connectivity index (χ4v) is 1.87. The highest BCUT2D eigenvalue weighted by Crippen LogP contribution is 2.28. The van der Waals surface area contributed by atoms with Crippen LogP contribution in [0.25, 0.3) is 0 Å². The van der Waals surface area contributed by atoms with Gasteiger partial charge in [-0.1, -0.05) is 30.3 Å². The first kappa shape index (κ1) is 15.0. The Morgan fingerprint density at radius 3 is 2.14 bits per heavy atom. The highest BCUT2D eigenvalue weighted by atomic mass is 19.3. The Morgan fingerprint density at radius 1 is 1.00 bits per heavy atom. The lowest BCUT2D eigenvalue weighted by atomic mass is 10.1. The van der Waals surface area contributed by atoms with Crippen LogP contribution in [0.4, 0.5) is 20.2 Å². The van der Waals surface area contributed by atoms with Crippen LogP contribution < -0.4 is 10.6 Å². The van der Waals surface area contributed by atoms with Crippen LogP contribution in [-0.4, -0.2) is 12.5 Å². The third-order valence-electron chi connectivity index (χ3n) is 2.92. The molecule has 21 heavy (non-hydrogen) atoms. The first-order chi connectivity index (χ1) is 9.97. The van der Waals surface area contributed by atoms with Gasteiger partial charge in [0.2, 0.25) is 5.91 Å². The van der Waals surface area contributed by atoms with Crippen molar-refractivity contribution in [1.29, 1.82) is 0 Å². The maximum atomic E-state index is 14.0. The normalized spacial score (nSPS) is 11.0. The fourth-order valence-electron chi connectivity index (χ4n) is 1.87. The standard InChI is InChI=1S/C16H16F2N2O/c1-12(21)20-15-9-7-14(8-10-15)19-11-16(17,18)13-5-3-2-4-6-13/h2-10,19H,11H2,1H3,(H,20,21). The molecule has 0 atom stereocenters. The summed E-state index contributed by atoms with van der Waals surface area (Å²) in [5.74, 6) is -3.12. The largest absolute Gasteiger partial charge is 0.379 e. The lowest BCUT2D eigenvalue weighted by molar-refractivity contribution is -0.114. The second kappa shape index (κ2) is 6.35. The zero-order valence-corrected chi connectivity index (χ0v) is 11.6. The molecule has 0 aliphatic rings. The molecule has 110 valence electrons. The smallest absolute Gasteiger partial charge is 0.290 e. The number of amides is 1. The van der Waals surface area contributed by atoms with Gasteiger partial charge in [-0.25, -0.2) is 0 Å². The molecular weight excluding hydrogens is 274 g/mol. The van der Waals surface area contributed by atoms with Crippen molar-refractivity contribution in [3.05, 3.63) is 60.2 Å². The van der Waals surface area contributed by atoms with E-state index in [-0.39, 0.29) is 11.5 Å². The van der Waals surface area contributed by atoms with Gasteiger partial charge in [-0.15, -0.1) is 0 Å². The molecule has 2 rings (SSSR count). The first-order valence-electron chi connectivity index (χ1n) is 6.52. The Hall–Kier alpha value is -2.43. The molecule has 0 saturated heterocycles. The van der Waals surface area contributed by atoms with Crippen LogP contribution in [0, 0.1) is 0 Å². The van der Waals surface area contributed by atoms with E-state index in [1.807, 2.05) is 0 Å². The van der Waals surface area contributed by atoms with Crippen LogP contribution >= 0.6 is 0 Å². The van der Waals surface area contributed by atoms with Crippen LogP contribution in [0.1, 0.15) is 12.5 Å². The Morgan fingerprint density at radius 2 is 1.57 bits per heavy atom. The summed E-state index contributed by atoms with van der Waals surface area (Å²) >= 11 is 0. The van der Waals surface area contributed by atoms with Gasteiger partial charge in [0.1, 0.15) is 0 Å². The minimum Gasteiger partial charge on any atom is -0.379 e. The van der Waals surface area contributed by atoms with Gasteiger partial charge in [-0.3, -0.25) is 4.79 Å². The van der Waals surface area contributed by atoms with E-state index in [2.05, 4.69) is 10.6 Å². The van der Waals surface area contributed by atoms with Gasteiger partial charge in [-0.2, -0.15) is 8.78 Å². The topological polar surface area (TPSA) is 41.1 Å². The SMILES string of the molecule is CC(=O)Nc1ccc(NCC(F)(F)c2ccccc2)cc1. The summed E-state index contributed by atoms with van der Waals surface area (Å²) in [6.07, 6.45) is 0. The Bertz CT molecular complexity index is 597. The van der Waals surface area contributed by atoms with Crippen LogP contribution in [0.3, 0.4) is 0 Å². The van der Waals surface area contributed by atoms with Crippen LogP contribution in [0.15, 0.2) is 54.6 Å². The van der Waals surface area contributed by atoms with Crippen molar-refractivity contribution in [3.8, 4) is 0 Å². The van der Waals surface area contributed by atoms with E-state index in [0.717, 1.165) is 0 Å². The van der Waals surface area contributed by atoms with E-state index >= 15 is 0 Å². The van der Waals surface area contributed by atoms with Crippen LogP contribution in [-0.2, 0) is 10.7 Å². The van der Waals surface area contributed by atoms with Crippen molar-refractivity contribution >= 4 is 17.3 Å². The van der Waals surface area contributed by atoms with Gasteiger partial charge < -0.3 is 10.6 Å². The van der Waals surface area contributed by atoms with E-state index in [4.69, 9.17) is 0 Å². The zero-order valence-electron chi connectivity index (χ0n) is 11.6. The lowest BCUT2D eigenvalue weighted by Crippen LogP contribution is -2.24. The van der Waals surface area contributed by atoms with E-state index in [0.29, 0.717) is 11.4 Å². The van der Waals surface area contributed by atoms with Crippen molar-refractivity contribution in [1.82, 2.24) is 0 Å². The number of benzene rings is 2. The van der Waals surface area contributed by atoms with E-state index < -0.39 is 12.5 Å². The molecule has 2 aromatic rings. The van der Waals surface area contributed by atoms with Gasteiger partial charge in [0, 0.05) is 23.9 Å². The quantitative estimate of drug-likeness (QED) is 0.878. The number of hydrogen-bond donors (Lipinski definition) is 2. The van der Waals surface area contributed by atoms with Crippen molar-refractivity contribution in [3.63, 3.8) is 0 Å². The molecule has 0 saturated carbocycles. The molecule has 0 radical (unpaired) electrons. The summed E-state index contributed by atoms with van der Waals surface area (Å²) in [6, 6.07) is 14.3. The van der Waals surface area contributed by atoms with E-state index in [1.165, 1.54) is 19.1 Å². The second-order valence-electron chi connectivity index (χ2n) is 4.68. The third-order valence-corrected chi connectivity index (χ3v) is 2.92. The summed E-state index contributed by atoms with van der Waals surface area (Å²) in [5.41, 5.74) is 1.18. The monoisotopic (exact) mass is 290 g/mol. The Kier molecular flexibility index (Phi) is 4.52. The van der Waals surface area contributed by atoms with Gasteiger partial charge in [-0.05, 0) is 24.3 Å². The lowest BCUT2D eigenvalue weighted by Gasteiger charge is -2.18. The van der Waals surface area contributed by atoms with Crippen molar-refractivity contribution in [2.45, 2.75) is 12.8 Å². The minimum absolute atomic E-state index is 0.0210. The predicted octanol–water partition coefficient (Wildman–Crippen LogP) is 3.85. The number of hydrogen-bond acceptors (Lipinski definition) is 2. The maximum absolute atomic E-state index is 14.0. The summed E-state index contributed by atoms with van der Waals surface area (Å²) in [6.45, 7) is 0.920. The van der Waals surface area contributed by atoms with Crippen molar-refractivity contribution in [2.75, 3.05) is 17.2 Å². The number of nitrogens with one attached hydrogen (secondary N) is 2. The molecular formula is C16H16F2N2O. The number of anilines is 2. The molecule has 0 spiro atoms. The highest BCUT2D eigenvalue weighted by molar-refractivity contribution is 5.88. The summed E-state index contributed by atoms with van der Waals surface area (Å²) < 4.78 is 27.9. The Balaban J connectivity index is 1.98. The van der Waals surface area contributed by atoms with Crippen LogP contribution in [0.2, 0.25) is 0 Å². The Labute approximate surface area is 122 Å². The van der Waals surface area contributed by atoms with Gasteiger partial charge >= 0.3 is 0 Å². The van der Waals surface area contributed by atoms with Crippen molar-refractivity contribution in [2.24, 2.45) is 0 Å². The predicted molar refractivity (Wildman–Crippen MR) is 79.6 cm³/mol. The molecule has 0 aromatic heterocycles. The molecule has 0 aliphatic heterocycles. The summed E-state index contributed by atoms with van der Waals surface area (Å²) in [5, 5.41) is 5.32. The molecule has 2 N–H and O–H groups in total. The van der Waals surface area contributed by atoms with Crippen LogP contribution in [0.5, 0.6) is 0 Å². The maximum Gasteiger partial charge on any atom is 0.290 e. The number of alkyl halides is 2.